The summed E-state index contributed by atoms with van der Waals surface area (Å²) in [6, 6.07) is 14.7. The van der Waals surface area contributed by atoms with E-state index in [-0.39, 0.29) is 27.6 Å². The third-order valence-corrected chi connectivity index (χ3v) is 6.68. The van der Waals surface area contributed by atoms with Crippen LogP contribution in [0.15, 0.2) is 71.6 Å². The molecule has 3 aromatic rings. The number of hydrogen-bond donors (Lipinski definition) is 1. The summed E-state index contributed by atoms with van der Waals surface area (Å²) in [4.78, 5) is 24.5. The van der Waals surface area contributed by atoms with Crippen LogP contribution in [0.3, 0.4) is 0 Å². The highest BCUT2D eigenvalue weighted by Gasteiger charge is 2.28. The average Bonchev–Trinajstić information content (AvgIpc) is 2.87. The lowest BCUT2D eigenvalue weighted by atomic mass is 10.2. The van der Waals surface area contributed by atoms with E-state index in [1.807, 2.05) is 0 Å². The van der Waals surface area contributed by atoms with Crippen LogP contribution in [0.4, 0.5) is 15.8 Å². The lowest BCUT2D eigenvalue weighted by molar-refractivity contribution is -0.114. The minimum Gasteiger partial charge on any atom is -0.493 e. The number of rotatable bonds is 9. The molecule has 1 amide bonds. The molecule has 0 aliphatic rings. The second-order valence-electron chi connectivity index (χ2n) is 7.13. The fourth-order valence-corrected chi connectivity index (χ4v) is 4.64. The van der Waals surface area contributed by atoms with Gasteiger partial charge in [0.05, 0.1) is 37.5 Å². The molecule has 0 radical (unpaired) electrons. The molecule has 35 heavy (non-hydrogen) atoms. The van der Waals surface area contributed by atoms with Gasteiger partial charge in [-0.05, 0) is 54.6 Å². The van der Waals surface area contributed by atoms with Crippen molar-refractivity contribution in [2.45, 2.75) is 4.90 Å². The molecule has 0 aliphatic heterocycles. The molecular formula is C24H23FN2O7S. The van der Waals surface area contributed by atoms with Gasteiger partial charge in [-0.1, -0.05) is 6.07 Å². The Balaban J connectivity index is 1.96. The van der Waals surface area contributed by atoms with Crippen molar-refractivity contribution >= 4 is 33.3 Å². The van der Waals surface area contributed by atoms with E-state index in [0.717, 1.165) is 16.4 Å². The standard InChI is InChI=1S/C24H23FN2O7S/c1-32-21-12-11-20(14-22(21)33-2)35(30,31)27(19-9-7-17(25)8-10-19)15-23(28)26-18-6-4-5-16(13-18)24(29)34-3/h4-14H,15H2,1-3H3,(H,26,28). The monoisotopic (exact) mass is 502 g/mol. The summed E-state index contributed by atoms with van der Waals surface area (Å²) in [5, 5.41) is 2.57. The summed E-state index contributed by atoms with van der Waals surface area (Å²) < 4.78 is 56.5. The number of methoxy groups -OCH3 is 3. The summed E-state index contributed by atoms with van der Waals surface area (Å²) in [6.45, 7) is -0.634. The summed E-state index contributed by atoms with van der Waals surface area (Å²) in [5.41, 5.74) is 0.541. The highest BCUT2D eigenvalue weighted by atomic mass is 32.2. The molecule has 0 saturated carbocycles. The van der Waals surface area contributed by atoms with Crippen LogP contribution in [-0.4, -0.2) is 48.2 Å². The fourth-order valence-electron chi connectivity index (χ4n) is 3.20. The first-order chi connectivity index (χ1) is 16.7. The Morgan fingerprint density at radius 2 is 1.60 bits per heavy atom. The number of carbonyl (C=O) groups excluding carboxylic acids is 2. The maximum Gasteiger partial charge on any atom is 0.337 e. The van der Waals surface area contributed by atoms with Crippen LogP contribution in [0, 0.1) is 5.82 Å². The number of esters is 1. The van der Waals surface area contributed by atoms with Crippen molar-refractivity contribution in [3.8, 4) is 11.5 Å². The van der Waals surface area contributed by atoms with Gasteiger partial charge in [0, 0.05) is 11.8 Å². The number of nitrogens with one attached hydrogen (secondary N) is 1. The maximum absolute atomic E-state index is 13.6. The van der Waals surface area contributed by atoms with Gasteiger partial charge < -0.3 is 19.5 Å². The highest BCUT2D eigenvalue weighted by Crippen LogP contribution is 2.32. The Morgan fingerprint density at radius 1 is 0.914 bits per heavy atom. The van der Waals surface area contributed by atoms with Crippen molar-refractivity contribution in [2.24, 2.45) is 0 Å². The zero-order chi connectivity index (χ0) is 25.6. The van der Waals surface area contributed by atoms with Gasteiger partial charge in [0.1, 0.15) is 12.4 Å². The van der Waals surface area contributed by atoms with Crippen LogP contribution >= 0.6 is 0 Å². The predicted molar refractivity (Wildman–Crippen MR) is 127 cm³/mol. The second-order valence-corrected chi connectivity index (χ2v) is 8.99. The number of nitrogens with zero attached hydrogens (tertiary/aromatic N) is 1. The van der Waals surface area contributed by atoms with Crippen molar-refractivity contribution in [2.75, 3.05) is 37.5 Å². The summed E-state index contributed by atoms with van der Waals surface area (Å²) >= 11 is 0. The number of ether oxygens (including phenoxy) is 3. The zero-order valence-electron chi connectivity index (χ0n) is 19.1. The van der Waals surface area contributed by atoms with E-state index in [2.05, 4.69) is 10.1 Å². The summed E-state index contributed by atoms with van der Waals surface area (Å²) in [7, 11) is -0.292. The zero-order valence-corrected chi connectivity index (χ0v) is 20.0. The van der Waals surface area contributed by atoms with Crippen LogP contribution in [0.25, 0.3) is 0 Å². The van der Waals surface area contributed by atoms with Gasteiger partial charge in [0.25, 0.3) is 10.0 Å². The fraction of sp³-hybridized carbons (Fsp3) is 0.167. The number of hydrogen-bond acceptors (Lipinski definition) is 7. The Kier molecular flexibility index (Phi) is 7.92. The molecule has 9 nitrogen and oxygen atoms in total. The van der Waals surface area contributed by atoms with Crippen molar-refractivity contribution < 1.29 is 36.6 Å². The van der Waals surface area contributed by atoms with E-state index in [0.29, 0.717) is 5.75 Å². The van der Waals surface area contributed by atoms with Crippen molar-refractivity contribution in [3.63, 3.8) is 0 Å². The second kappa shape index (κ2) is 10.9. The van der Waals surface area contributed by atoms with Gasteiger partial charge in [0.15, 0.2) is 11.5 Å². The Hall–Kier alpha value is -4.12. The Bertz CT molecular complexity index is 1330. The van der Waals surface area contributed by atoms with E-state index in [9.17, 15) is 22.4 Å². The smallest absolute Gasteiger partial charge is 0.337 e. The number of anilines is 2. The molecule has 0 heterocycles. The van der Waals surface area contributed by atoms with E-state index in [4.69, 9.17) is 9.47 Å². The largest absolute Gasteiger partial charge is 0.493 e. The molecule has 0 fully saturated rings. The predicted octanol–water partition coefficient (Wildman–Crippen LogP) is 3.46. The molecule has 1 N–H and O–H groups in total. The van der Waals surface area contributed by atoms with Crippen LogP contribution in [0.5, 0.6) is 11.5 Å². The molecule has 0 aliphatic carbocycles. The normalized spacial score (nSPS) is 10.9. The number of halogens is 1. The minimum absolute atomic E-state index is 0.0691. The van der Waals surface area contributed by atoms with E-state index < -0.39 is 34.3 Å². The molecule has 0 spiro atoms. The highest BCUT2D eigenvalue weighted by molar-refractivity contribution is 7.92. The number of amides is 1. The molecule has 184 valence electrons. The Morgan fingerprint density at radius 3 is 2.23 bits per heavy atom. The minimum atomic E-state index is -4.30. The summed E-state index contributed by atoms with van der Waals surface area (Å²) in [5.74, 6) is -1.36. The summed E-state index contributed by atoms with van der Waals surface area (Å²) in [6.07, 6.45) is 0. The SMILES string of the molecule is COC(=O)c1cccc(NC(=O)CN(c2ccc(F)cc2)S(=O)(=O)c2ccc(OC)c(OC)c2)c1. The molecule has 0 atom stereocenters. The number of sulfonamides is 1. The van der Waals surface area contributed by atoms with Gasteiger partial charge in [-0.2, -0.15) is 0 Å². The third kappa shape index (κ3) is 5.87. The topological polar surface area (TPSA) is 111 Å². The quantitative estimate of drug-likeness (QED) is 0.446. The van der Waals surface area contributed by atoms with Crippen molar-refractivity contribution in [1.29, 1.82) is 0 Å². The van der Waals surface area contributed by atoms with Crippen molar-refractivity contribution in [1.82, 2.24) is 0 Å². The molecule has 0 saturated heterocycles. The number of carbonyl (C=O) groups is 2. The maximum atomic E-state index is 13.6. The lowest BCUT2D eigenvalue weighted by Gasteiger charge is -2.24. The first-order valence-corrected chi connectivity index (χ1v) is 11.6. The van der Waals surface area contributed by atoms with Gasteiger partial charge >= 0.3 is 5.97 Å². The van der Waals surface area contributed by atoms with E-state index >= 15 is 0 Å². The first kappa shape index (κ1) is 25.5. The first-order valence-electron chi connectivity index (χ1n) is 10.2. The van der Waals surface area contributed by atoms with Gasteiger partial charge in [0.2, 0.25) is 5.91 Å². The molecule has 0 unspecified atom stereocenters. The van der Waals surface area contributed by atoms with Crippen LogP contribution < -0.4 is 19.1 Å². The van der Waals surface area contributed by atoms with E-state index in [1.54, 1.807) is 6.07 Å². The van der Waals surface area contributed by atoms with Crippen LogP contribution in [0.2, 0.25) is 0 Å². The molecule has 11 heteroatoms. The van der Waals surface area contributed by atoms with Crippen LogP contribution in [-0.2, 0) is 19.6 Å². The molecule has 3 rings (SSSR count). The molecule has 3 aromatic carbocycles. The molecule has 0 bridgehead atoms. The van der Waals surface area contributed by atoms with Crippen molar-refractivity contribution in [3.05, 3.63) is 78.1 Å². The third-order valence-electron chi connectivity index (χ3n) is 4.91. The van der Waals surface area contributed by atoms with Gasteiger partial charge in [-0.25, -0.2) is 17.6 Å². The lowest BCUT2D eigenvalue weighted by Crippen LogP contribution is -2.38. The van der Waals surface area contributed by atoms with Gasteiger partial charge in [-0.3, -0.25) is 9.10 Å². The van der Waals surface area contributed by atoms with Gasteiger partial charge in [-0.15, -0.1) is 0 Å². The molecule has 0 aromatic heterocycles. The van der Waals surface area contributed by atoms with Crippen LogP contribution in [0.1, 0.15) is 10.4 Å². The average molecular weight is 503 g/mol. The Labute approximate surface area is 202 Å². The van der Waals surface area contributed by atoms with E-state index in [1.165, 1.54) is 69.9 Å². The number of benzene rings is 3. The molecular weight excluding hydrogens is 479 g/mol.